The lowest BCUT2D eigenvalue weighted by molar-refractivity contribution is 0.0596. The molecule has 0 spiro atoms. The zero-order valence-electron chi connectivity index (χ0n) is 33.9. The Kier molecular flexibility index (Phi) is 12.9. The second-order valence-electron chi connectivity index (χ2n) is 17.3. The molecule has 57 heavy (non-hydrogen) atoms. The fourth-order valence-electron chi connectivity index (χ4n) is 9.52. The molecule has 3 saturated carbocycles. The molecule has 1 aromatic heterocycles. The summed E-state index contributed by atoms with van der Waals surface area (Å²) in [6.45, 7) is 13.1. The molecule has 3 aromatic carbocycles. The van der Waals surface area contributed by atoms with Gasteiger partial charge >= 0.3 is 5.97 Å². The van der Waals surface area contributed by atoms with Crippen LogP contribution in [0.4, 0.5) is 0 Å². The molecule has 0 bridgehead atoms. The van der Waals surface area contributed by atoms with Crippen molar-refractivity contribution in [2.75, 3.05) is 0 Å². The molecule has 0 saturated heterocycles. The number of rotatable bonds is 10. The Morgan fingerprint density at radius 3 is 2.28 bits per heavy atom. The van der Waals surface area contributed by atoms with E-state index >= 15 is 0 Å². The van der Waals surface area contributed by atoms with Gasteiger partial charge in [0.2, 0.25) is 0 Å². The summed E-state index contributed by atoms with van der Waals surface area (Å²) < 4.78 is 1.50. The van der Waals surface area contributed by atoms with Crippen molar-refractivity contribution < 1.29 is 30.3 Å². The molecule has 3 aliphatic carbocycles. The topological polar surface area (TPSA) is 149 Å². The molecule has 9 heteroatoms. The summed E-state index contributed by atoms with van der Waals surface area (Å²) in [5, 5.41) is 54.1. The monoisotopic (exact) mass is 773 g/mol. The van der Waals surface area contributed by atoms with Crippen LogP contribution >= 0.6 is 0 Å². The number of aromatic nitrogens is 3. The molecule has 5 N–H and O–H groups in total. The molecule has 302 valence electrons. The first-order chi connectivity index (χ1) is 27.1. The van der Waals surface area contributed by atoms with Crippen LogP contribution in [-0.2, 0) is 0 Å². The van der Waals surface area contributed by atoms with Crippen molar-refractivity contribution in [3.05, 3.63) is 114 Å². The van der Waals surface area contributed by atoms with E-state index in [0.717, 1.165) is 49.9 Å². The van der Waals surface area contributed by atoms with Crippen LogP contribution < -0.4 is 0 Å². The number of aromatic hydroxyl groups is 2. The molecular weight excluding hydrogens is 715 g/mol. The fourth-order valence-corrected chi connectivity index (χ4v) is 9.52. The summed E-state index contributed by atoms with van der Waals surface area (Å²) in [4.78, 5) is 15.6. The highest BCUT2D eigenvalue weighted by Crippen LogP contribution is 2.60. The molecule has 3 aliphatic rings. The number of fused-ring (bicyclic) bond motifs is 1. The highest BCUT2D eigenvalue weighted by molar-refractivity contribution is 5.87. The Labute approximate surface area is 337 Å². The number of aliphatic hydroxyl groups is 2. The Morgan fingerprint density at radius 1 is 0.965 bits per heavy atom. The summed E-state index contributed by atoms with van der Waals surface area (Å²) >= 11 is 0. The Hall–Kier alpha value is -4.99. The van der Waals surface area contributed by atoms with E-state index < -0.39 is 11.6 Å². The molecule has 3 fully saturated rings. The molecule has 0 radical (unpaired) electrons. The van der Waals surface area contributed by atoms with E-state index in [1.165, 1.54) is 72.6 Å². The molecule has 7 rings (SSSR count). The van der Waals surface area contributed by atoms with Gasteiger partial charge in [-0.15, -0.1) is 5.10 Å². The van der Waals surface area contributed by atoms with Gasteiger partial charge in [0.15, 0.2) is 11.6 Å². The quantitative estimate of drug-likeness (QED) is 0.107. The lowest BCUT2D eigenvalue weighted by atomic mass is 9.60. The van der Waals surface area contributed by atoms with Crippen LogP contribution in [0.1, 0.15) is 109 Å². The number of carboxylic acid groups (broad SMARTS) is 1. The maximum atomic E-state index is 11.1. The highest BCUT2D eigenvalue weighted by Gasteiger charge is 2.50. The Bertz CT molecular complexity index is 2110. The van der Waals surface area contributed by atoms with E-state index in [-0.39, 0.29) is 29.0 Å². The summed E-state index contributed by atoms with van der Waals surface area (Å²) in [5.74, 6) is 1.93. The van der Waals surface area contributed by atoms with E-state index in [2.05, 4.69) is 42.7 Å². The zero-order chi connectivity index (χ0) is 40.9. The van der Waals surface area contributed by atoms with E-state index in [1.54, 1.807) is 60.2 Å². The van der Waals surface area contributed by atoms with Crippen LogP contribution in [-0.4, -0.2) is 58.0 Å². The fraction of sp³-hybridized carbons (Fsp3) is 0.438. The number of nitrogens with zero attached hydrogens (tertiary/aromatic N) is 3. The molecule has 0 aliphatic heterocycles. The number of allylic oxidation sites excluding steroid dienone is 4. The standard InChI is InChI=1S/C27H44O2.C21H15N3O4/c1-19-10-13-23(28)18-22(19)12-11-21-9-7-17-27(5)24(14-15-25(21)27)20(2)8-6-16-26(3,4)29;25-17-7-3-1-5-15(17)19-22-20(16-6-2-4-8-18(16)26)24(23-19)14-11-9-13(10-12-14)21(27)28/h11-12,20,23-25,28-29H,1,6-10,13-18H2,2-5H3;1-12,25-26H,(H,27,28)/b21-11+,22-12-;/t20-,23+,24-,25+,27-;/m1./s1. The van der Waals surface area contributed by atoms with Crippen molar-refractivity contribution in [3.8, 4) is 40.0 Å². The Balaban J connectivity index is 0.000000193. The molecule has 4 aromatic rings. The van der Waals surface area contributed by atoms with Gasteiger partial charge in [0.25, 0.3) is 0 Å². The van der Waals surface area contributed by atoms with Gasteiger partial charge in [-0.3, -0.25) is 0 Å². The number of hydrogen-bond donors (Lipinski definition) is 5. The SMILES string of the molecule is C=C1CC[C@H](O)C/C1=C/C=C1\CCC[C@]2(C)[C@@H]([C@H](C)CCCC(C)(C)O)CC[C@@H]12.O=C(O)c1ccc(-n2nc(-c3ccccc3O)nc2-c2ccccc2O)cc1. The first-order valence-electron chi connectivity index (χ1n) is 20.5. The summed E-state index contributed by atoms with van der Waals surface area (Å²) in [6.07, 6.45) is 16.9. The predicted octanol–water partition coefficient (Wildman–Crippen LogP) is 10.4. The third-order valence-electron chi connectivity index (χ3n) is 12.6. The normalized spacial score (nSPS) is 24.2. The maximum absolute atomic E-state index is 11.1. The molecule has 1 heterocycles. The number of phenolic OH excluding ortho intramolecular Hbond substituents is 2. The molecule has 0 unspecified atom stereocenters. The number of aromatic carboxylic acids is 1. The number of hydrogen-bond acceptors (Lipinski definition) is 7. The average Bonchev–Trinajstić information content (AvgIpc) is 3.77. The second-order valence-corrected chi connectivity index (χ2v) is 17.3. The summed E-state index contributed by atoms with van der Waals surface area (Å²) in [7, 11) is 0. The van der Waals surface area contributed by atoms with Crippen LogP contribution in [0.15, 0.2) is 108 Å². The predicted molar refractivity (Wildman–Crippen MR) is 225 cm³/mol. The van der Waals surface area contributed by atoms with Gasteiger partial charge < -0.3 is 25.5 Å². The van der Waals surface area contributed by atoms with Crippen LogP contribution in [0.3, 0.4) is 0 Å². The third-order valence-corrected chi connectivity index (χ3v) is 12.6. The summed E-state index contributed by atoms with van der Waals surface area (Å²) in [5.41, 5.74) is 5.64. The maximum Gasteiger partial charge on any atom is 0.335 e. The number of para-hydroxylation sites is 2. The Morgan fingerprint density at radius 2 is 1.63 bits per heavy atom. The van der Waals surface area contributed by atoms with Crippen molar-refractivity contribution >= 4 is 5.97 Å². The van der Waals surface area contributed by atoms with Gasteiger partial charge in [0.05, 0.1) is 34.1 Å². The zero-order valence-corrected chi connectivity index (χ0v) is 33.9. The first kappa shape index (κ1) is 41.6. The van der Waals surface area contributed by atoms with Gasteiger partial charge in [-0.2, -0.15) is 0 Å². The van der Waals surface area contributed by atoms with E-state index in [1.807, 2.05) is 13.8 Å². The first-order valence-corrected chi connectivity index (χ1v) is 20.5. The third kappa shape index (κ3) is 9.77. The number of benzene rings is 3. The van der Waals surface area contributed by atoms with Crippen molar-refractivity contribution in [1.82, 2.24) is 14.8 Å². The second kappa shape index (κ2) is 17.7. The minimum absolute atomic E-state index is 0.0298. The molecule has 5 atom stereocenters. The van der Waals surface area contributed by atoms with Crippen LogP contribution in [0.25, 0.3) is 28.5 Å². The average molecular weight is 774 g/mol. The molecule has 0 amide bonds. The van der Waals surface area contributed by atoms with Crippen molar-refractivity contribution in [2.45, 2.75) is 110 Å². The van der Waals surface area contributed by atoms with Crippen LogP contribution in [0.2, 0.25) is 0 Å². The van der Waals surface area contributed by atoms with Gasteiger partial charge in [-0.1, -0.05) is 80.8 Å². The van der Waals surface area contributed by atoms with Gasteiger partial charge in [-0.25, -0.2) is 14.5 Å². The molecule has 9 nitrogen and oxygen atoms in total. The van der Waals surface area contributed by atoms with Gasteiger partial charge in [0, 0.05) is 0 Å². The highest BCUT2D eigenvalue weighted by atomic mass is 16.4. The largest absolute Gasteiger partial charge is 0.507 e. The minimum atomic E-state index is -1.03. The summed E-state index contributed by atoms with van der Waals surface area (Å²) in [6, 6.07) is 19.5. The molecular formula is C48H59N3O6. The van der Waals surface area contributed by atoms with Gasteiger partial charge in [-0.05, 0) is 149 Å². The van der Waals surface area contributed by atoms with Crippen molar-refractivity contribution in [1.29, 1.82) is 0 Å². The van der Waals surface area contributed by atoms with Crippen LogP contribution in [0.5, 0.6) is 11.5 Å². The van der Waals surface area contributed by atoms with Crippen molar-refractivity contribution in [2.24, 2.45) is 23.2 Å². The van der Waals surface area contributed by atoms with E-state index in [0.29, 0.717) is 28.1 Å². The smallest absolute Gasteiger partial charge is 0.335 e. The van der Waals surface area contributed by atoms with E-state index in [4.69, 9.17) is 5.11 Å². The number of carboxylic acids is 1. The van der Waals surface area contributed by atoms with Crippen LogP contribution in [0, 0.1) is 23.2 Å². The lowest BCUT2D eigenvalue weighted by Crippen LogP contribution is -2.36. The lowest BCUT2D eigenvalue weighted by Gasteiger charge is -2.44. The number of aliphatic hydroxyl groups excluding tert-OH is 1. The minimum Gasteiger partial charge on any atom is -0.507 e. The van der Waals surface area contributed by atoms with E-state index in [9.17, 15) is 25.2 Å². The van der Waals surface area contributed by atoms with Crippen molar-refractivity contribution in [3.63, 3.8) is 0 Å². The number of carbonyl (C=O) groups is 1. The number of phenols is 2. The van der Waals surface area contributed by atoms with Gasteiger partial charge in [0.1, 0.15) is 11.5 Å².